The highest BCUT2D eigenvalue weighted by atomic mass is 19.3. The zero-order valence-corrected chi connectivity index (χ0v) is 11.1. The number of methoxy groups -OCH3 is 1. The lowest BCUT2D eigenvalue weighted by Crippen LogP contribution is -2.17. The maximum absolute atomic E-state index is 12.4. The molecule has 7 heteroatoms. The molecule has 0 bridgehead atoms. The molecule has 0 aliphatic carbocycles. The molecule has 1 rings (SSSR count). The van der Waals surface area contributed by atoms with Crippen molar-refractivity contribution in [2.24, 2.45) is 0 Å². The fourth-order valence-electron chi connectivity index (χ4n) is 1.67. The van der Waals surface area contributed by atoms with E-state index < -0.39 is 12.6 Å². The van der Waals surface area contributed by atoms with Crippen LogP contribution in [0.2, 0.25) is 0 Å². The molecule has 1 aromatic rings. The van der Waals surface area contributed by atoms with Crippen molar-refractivity contribution in [1.82, 2.24) is 5.32 Å². The number of hydrogen-bond donors (Lipinski definition) is 2. The molecule has 0 heterocycles. The standard InChI is InChI=1S/C13H17F2NO4/c1-19-10-5-2-4-9(12(10)20-13(14)15)8-16-7-3-6-11(17)18/h2,4-5,13,16H,3,6-8H2,1H3,(H,17,18). The minimum Gasteiger partial charge on any atom is -0.493 e. The molecule has 20 heavy (non-hydrogen) atoms. The fraction of sp³-hybridized carbons (Fsp3) is 0.462. The Balaban J connectivity index is 2.61. The summed E-state index contributed by atoms with van der Waals surface area (Å²) in [4.78, 5) is 10.3. The SMILES string of the molecule is COc1cccc(CNCCCC(=O)O)c1OC(F)F. The Morgan fingerprint density at radius 2 is 2.20 bits per heavy atom. The molecule has 0 atom stereocenters. The van der Waals surface area contributed by atoms with Crippen molar-refractivity contribution in [2.75, 3.05) is 13.7 Å². The van der Waals surface area contributed by atoms with E-state index in [1.165, 1.54) is 13.2 Å². The zero-order chi connectivity index (χ0) is 15.0. The van der Waals surface area contributed by atoms with Crippen molar-refractivity contribution >= 4 is 5.97 Å². The molecule has 0 radical (unpaired) electrons. The molecule has 0 aliphatic rings. The maximum atomic E-state index is 12.4. The van der Waals surface area contributed by atoms with E-state index in [0.717, 1.165) is 0 Å². The van der Waals surface area contributed by atoms with Crippen molar-refractivity contribution in [3.8, 4) is 11.5 Å². The molecule has 0 saturated heterocycles. The van der Waals surface area contributed by atoms with Crippen molar-refractivity contribution in [1.29, 1.82) is 0 Å². The smallest absolute Gasteiger partial charge is 0.387 e. The summed E-state index contributed by atoms with van der Waals surface area (Å²) in [5, 5.41) is 11.5. The van der Waals surface area contributed by atoms with Crippen LogP contribution in [-0.4, -0.2) is 31.3 Å². The highest BCUT2D eigenvalue weighted by molar-refractivity contribution is 5.66. The minimum atomic E-state index is -2.93. The Hall–Kier alpha value is -1.89. The summed E-state index contributed by atoms with van der Waals surface area (Å²) in [6.07, 6.45) is 0.524. The van der Waals surface area contributed by atoms with Crippen LogP contribution in [0, 0.1) is 0 Å². The van der Waals surface area contributed by atoms with Gasteiger partial charge in [-0.15, -0.1) is 0 Å². The topological polar surface area (TPSA) is 67.8 Å². The first kappa shape index (κ1) is 16.2. The van der Waals surface area contributed by atoms with Crippen LogP contribution < -0.4 is 14.8 Å². The van der Waals surface area contributed by atoms with Crippen LogP contribution in [-0.2, 0) is 11.3 Å². The van der Waals surface area contributed by atoms with Crippen LogP contribution in [0.5, 0.6) is 11.5 Å². The first-order valence-corrected chi connectivity index (χ1v) is 6.07. The third-order valence-electron chi connectivity index (χ3n) is 2.55. The number of rotatable bonds is 9. The predicted molar refractivity (Wildman–Crippen MR) is 68.2 cm³/mol. The van der Waals surface area contributed by atoms with E-state index in [4.69, 9.17) is 9.84 Å². The third kappa shape index (κ3) is 5.40. The molecule has 2 N–H and O–H groups in total. The van der Waals surface area contributed by atoms with Gasteiger partial charge in [-0.25, -0.2) is 0 Å². The van der Waals surface area contributed by atoms with Crippen LogP contribution >= 0.6 is 0 Å². The van der Waals surface area contributed by atoms with Crippen LogP contribution in [0.1, 0.15) is 18.4 Å². The van der Waals surface area contributed by atoms with Gasteiger partial charge in [-0.3, -0.25) is 4.79 Å². The first-order valence-electron chi connectivity index (χ1n) is 6.07. The number of alkyl halides is 2. The molecule has 112 valence electrons. The second-order valence-electron chi connectivity index (χ2n) is 4.00. The average Bonchev–Trinajstić information content (AvgIpc) is 2.39. The Morgan fingerprint density at radius 1 is 1.45 bits per heavy atom. The molecule has 0 unspecified atom stereocenters. The van der Waals surface area contributed by atoms with Gasteiger partial charge >= 0.3 is 12.6 Å². The quantitative estimate of drug-likeness (QED) is 0.682. The van der Waals surface area contributed by atoms with Crippen molar-refractivity contribution in [2.45, 2.75) is 26.0 Å². The van der Waals surface area contributed by atoms with Crippen molar-refractivity contribution < 1.29 is 28.2 Å². The summed E-state index contributed by atoms with van der Waals surface area (Å²) in [5.74, 6) is -0.638. The van der Waals surface area contributed by atoms with E-state index >= 15 is 0 Å². The number of para-hydroxylation sites is 1. The molecular formula is C13H17F2NO4. The molecule has 0 spiro atoms. The molecule has 1 aromatic carbocycles. The second kappa shape index (κ2) is 8.31. The van der Waals surface area contributed by atoms with Crippen LogP contribution in [0.15, 0.2) is 18.2 Å². The average molecular weight is 289 g/mol. The van der Waals surface area contributed by atoms with Crippen molar-refractivity contribution in [3.63, 3.8) is 0 Å². The summed E-state index contributed by atoms with van der Waals surface area (Å²) in [6, 6.07) is 4.85. The molecule has 5 nitrogen and oxygen atoms in total. The summed E-state index contributed by atoms with van der Waals surface area (Å²) in [6.45, 7) is -2.17. The van der Waals surface area contributed by atoms with Gasteiger partial charge in [-0.1, -0.05) is 12.1 Å². The first-order chi connectivity index (χ1) is 9.54. The number of nitrogens with one attached hydrogen (secondary N) is 1. The van der Waals surface area contributed by atoms with Gasteiger partial charge in [-0.05, 0) is 19.0 Å². The van der Waals surface area contributed by atoms with E-state index in [2.05, 4.69) is 10.1 Å². The molecule has 0 saturated carbocycles. The maximum Gasteiger partial charge on any atom is 0.387 e. The Morgan fingerprint density at radius 3 is 2.80 bits per heavy atom. The fourth-order valence-corrected chi connectivity index (χ4v) is 1.67. The minimum absolute atomic E-state index is 0.00395. The lowest BCUT2D eigenvalue weighted by atomic mass is 10.2. The second-order valence-corrected chi connectivity index (χ2v) is 4.00. The summed E-state index contributed by atoms with van der Waals surface area (Å²) < 4.78 is 34.2. The Kier molecular flexibility index (Phi) is 6.72. The van der Waals surface area contributed by atoms with Gasteiger partial charge in [-0.2, -0.15) is 8.78 Å². The molecule has 0 aliphatic heterocycles. The van der Waals surface area contributed by atoms with Gasteiger partial charge in [0.2, 0.25) is 0 Å². The molecular weight excluding hydrogens is 272 g/mol. The van der Waals surface area contributed by atoms with E-state index in [-0.39, 0.29) is 17.9 Å². The highest BCUT2D eigenvalue weighted by Crippen LogP contribution is 2.32. The van der Waals surface area contributed by atoms with Gasteiger partial charge < -0.3 is 19.9 Å². The van der Waals surface area contributed by atoms with Gasteiger partial charge in [0, 0.05) is 18.5 Å². The summed E-state index contributed by atoms with van der Waals surface area (Å²) >= 11 is 0. The van der Waals surface area contributed by atoms with Gasteiger partial charge in [0.1, 0.15) is 0 Å². The third-order valence-corrected chi connectivity index (χ3v) is 2.55. The van der Waals surface area contributed by atoms with E-state index in [1.807, 2.05) is 0 Å². The number of ether oxygens (including phenoxy) is 2. The summed E-state index contributed by atoms with van der Waals surface area (Å²) in [7, 11) is 1.37. The number of halogens is 2. The van der Waals surface area contributed by atoms with E-state index in [9.17, 15) is 13.6 Å². The highest BCUT2D eigenvalue weighted by Gasteiger charge is 2.14. The largest absolute Gasteiger partial charge is 0.493 e. The van der Waals surface area contributed by atoms with Crippen LogP contribution in [0.25, 0.3) is 0 Å². The number of carboxylic acids is 1. The van der Waals surface area contributed by atoms with E-state index in [0.29, 0.717) is 25.1 Å². The number of benzene rings is 1. The van der Waals surface area contributed by atoms with Crippen molar-refractivity contribution in [3.05, 3.63) is 23.8 Å². The summed E-state index contributed by atoms with van der Waals surface area (Å²) in [5.41, 5.74) is 0.528. The van der Waals surface area contributed by atoms with Gasteiger partial charge in [0.05, 0.1) is 7.11 Å². The number of hydrogen-bond acceptors (Lipinski definition) is 4. The lowest BCUT2D eigenvalue weighted by molar-refractivity contribution is -0.137. The van der Waals surface area contributed by atoms with Crippen LogP contribution in [0.3, 0.4) is 0 Å². The Bertz CT molecular complexity index is 440. The van der Waals surface area contributed by atoms with Crippen LogP contribution in [0.4, 0.5) is 8.78 Å². The molecule has 0 fully saturated rings. The van der Waals surface area contributed by atoms with E-state index in [1.54, 1.807) is 12.1 Å². The zero-order valence-electron chi connectivity index (χ0n) is 11.1. The number of aliphatic carboxylic acids is 1. The van der Waals surface area contributed by atoms with Gasteiger partial charge in [0.15, 0.2) is 11.5 Å². The molecule has 0 aromatic heterocycles. The Labute approximate surface area is 115 Å². The monoisotopic (exact) mass is 289 g/mol. The molecule has 0 amide bonds. The number of carboxylic acid groups (broad SMARTS) is 1. The number of carbonyl (C=O) groups is 1. The lowest BCUT2D eigenvalue weighted by Gasteiger charge is -2.14. The van der Waals surface area contributed by atoms with Gasteiger partial charge in [0.25, 0.3) is 0 Å². The normalized spacial score (nSPS) is 10.6. The predicted octanol–water partition coefficient (Wildman–Crippen LogP) is 2.25.